The largest absolute Gasteiger partial charge is 2.00 e. The van der Waals surface area contributed by atoms with Crippen molar-refractivity contribution in [3.63, 3.8) is 0 Å². The fourth-order valence-electron chi connectivity index (χ4n) is 1.45. The van der Waals surface area contributed by atoms with Gasteiger partial charge < -0.3 is 19.4 Å². The molecule has 0 amide bonds. The van der Waals surface area contributed by atoms with Gasteiger partial charge in [-0.25, -0.2) is 26.3 Å². The maximum atomic E-state index is 6.48. The summed E-state index contributed by atoms with van der Waals surface area (Å²) in [4.78, 5) is 13.1. The summed E-state index contributed by atoms with van der Waals surface area (Å²) < 4.78 is 0. The molecule has 0 saturated heterocycles. The van der Waals surface area contributed by atoms with E-state index in [0.717, 1.165) is 0 Å². The summed E-state index contributed by atoms with van der Waals surface area (Å²) in [5.41, 5.74) is -2.04. The van der Waals surface area contributed by atoms with Crippen LogP contribution in [0, 0.1) is 26.3 Å². The maximum absolute atomic E-state index is 6.48. The van der Waals surface area contributed by atoms with Crippen molar-refractivity contribution in [2.24, 2.45) is 0 Å². The predicted octanol–water partition coefficient (Wildman–Crippen LogP) is 14.3. The van der Waals surface area contributed by atoms with Crippen molar-refractivity contribution < 1.29 is 22.7 Å². The van der Waals surface area contributed by atoms with E-state index in [4.69, 9.17) is 26.3 Å². The molecule has 0 fully saturated rings. The third-order valence-electron chi connectivity index (χ3n) is 3.89. The Morgan fingerprint density at radius 2 is 0.562 bits per heavy atom. The van der Waals surface area contributed by atoms with Gasteiger partial charge in [-0.3, -0.25) is 0 Å². The van der Waals surface area contributed by atoms with Crippen LogP contribution in [0.1, 0.15) is 83.1 Å². The first kappa shape index (κ1) is 60.3. The minimum Gasteiger partial charge on any atom is -0.311 e. The molecule has 0 bridgehead atoms. The Balaban J connectivity index is -0.000000108. The standard InChI is InChI=1S/2C8H11P.4C5H9N.4BrH.2Mn/c2*1-9(2)8-6-4-3-5-7-8;4*1-5(2,3)6-4;;;;;;/h2*3-7H,1-2H3;4*1-3H3;4*1H;;/q;;;;;;;;;;2*+2/p-4. The molecule has 0 spiro atoms. The molecule has 2 aromatic rings. The summed E-state index contributed by atoms with van der Waals surface area (Å²) in [6, 6.07) is 21.2. The molecule has 0 unspecified atom stereocenters. The molecule has 0 aromatic heterocycles. The Labute approximate surface area is 340 Å². The molecule has 2 rings (SSSR count). The van der Waals surface area contributed by atoms with E-state index < -0.39 is 5.61 Å². The van der Waals surface area contributed by atoms with Gasteiger partial charge in [-0.15, -0.1) is 0 Å². The summed E-state index contributed by atoms with van der Waals surface area (Å²) in [6.45, 7) is 57.7. The minimum absolute atomic E-state index is 0. The average molecular weight is 1040 g/mol. The summed E-state index contributed by atoms with van der Waals surface area (Å²) in [5.74, 6) is 0. The van der Waals surface area contributed by atoms with Crippen molar-refractivity contribution in [3.8, 4) is 0 Å². The summed E-state index contributed by atoms with van der Waals surface area (Å²) in [7, 11) is 0.209. The van der Waals surface area contributed by atoms with Crippen LogP contribution in [0.15, 0.2) is 60.7 Å². The molecule has 48 heavy (non-hydrogen) atoms. The van der Waals surface area contributed by atoms with Crippen LogP contribution in [-0.4, -0.2) is 48.8 Å². The van der Waals surface area contributed by atoms with Gasteiger partial charge in [0.15, 0.2) is 0 Å². The first-order valence-corrected chi connectivity index (χ1v) is 30.6. The third-order valence-corrected chi connectivity index (χ3v) is 6.55. The molecule has 0 atom stereocenters. The number of hydrogen-bond acceptors (Lipinski definition) is 0. The molecule has 2 aromatic carbocycles. The van der Waals surface area contributed by atoms with Crippen molar-refractivity contribution in [2.45, 2.75) is 105 Å². The quantitative estimate of drug-likeness (QED) is 0.162. The molecule has 0 N–H and O–H groups in total. The average Bonchev–Trinajstić information content (AvgIpc) is 2.93. The second kappa shape index (κ2) is 31.9. The Morgan fingerprint density at radius 1 is 0.438 bits per heavy atom. The first-order chi connectivity index (χ1) is 20.9. The number of benzene rings is 2. The molecule has 0 aliphatic carbocycles. The zero-order chi connectivity index (χ0) is 38.7. The fourth-order valence-corrected chi connectivity index (χ4v) is 2.99. The van der Waals surface area contributed by atoms with Crippen LogP contribution in [0.3, 0.4) is 0 Å². The number of hydrogen-bond donors (Lipinski definition) is 0. The molecule has 0 aliphatic heterocycles. The smallest absolute Gasteiger partial charge is 0.311 e. The summed E-state index contributed by atoms with van der Waals surface area (Å²) >= 11 is 13.1. The molecular formula is C36H58Br4Mn2N4P2. The first-order valence-electron chi connectivity index (χ1n) is 14.4. The number of halogens is 4. The topological polar surface area (TPSA) is 17.4 Å². The molecule has 0 saturated carbocycles. The molecule has 1 radical (unpaired) electrons. The van der Waals surface area contributed by atoms with Crippen LogP contribution >= 0.6 is 72.3 Å². The summed E-state index contributed by atoms with van der Waals surface area (Å²) in [6.07, 6.45) is 0. The van der Waals surface area contributed by atoms with Crippen molar-refractivity contribution >= 4 is 82.9 Å². The number of rotatable bonds is 2. The van der Waals surface area contributed by atoms with Crippen LogP contribution in [-0.2, 0) is 22.7 Å². The monoisotopic (exact) mass is 1030 g/mol. The molecular weight excluding hydrogens is 980 g/mol. The van der Waals surface area contributed by atoms with Gasteiger partial charge >= 0.3 is 79.1 Å². The van der Waals surface area contributed by atoms with E-state index in [-0.39, 0.29) is 55.1 Å². The van der Waals surface area contributed by atoms with Crippen molar-refractivity contribution in [3.05, 3.63) is 106 Å². The van der Waals surface area contributed by atoms with Gasteiger partial charge in [-0.05, 0) is 37.3 Å². The van der Waals surface area contributed by atoms with Crippen molar-refractivity contribution in [1.82, 2.24) is 0 Å². The van der Waals surface area contributed by atoms with Gasteiger partial charge in [0, 0.05) is 83.1 Å². The van der Waals surface area contributed by atoms with Crippen LogP contribution in [0.5, 0.6) is 0 Å². The van der Waals surface area contributed by atoms with E-state index in [1.54, 1.807) is 0 Å². The van der Waals surface area contributed by atoms with Crippen LogP contribution in [0.25, 0.3) is 19.4 Å². The Morgan fingerprint density at radius 3 is 0.625 bits per heavy atom. The second-order valence-electron chi connectivity index (χ2n) is 13.9. The fraction of sp³-hybridized carbons (Fsp3) is 0.556. The summed E-state index contributed by atoms with van der Waals surface area (Å²) in [5, 5.41) is 2.96. The molecule has 0 heterocycles. The van der Waals surface area contributed by atoms with Crippen LogP contribution in [0.2, 0.25) is 0 Å². The normalized spacial score (nSPS) is 10.5. The Hall–Kier alpha value is 0.219. The number of nitrogens with zero attached hydrogens (tertiary/aromatic N) is 4. The minimum atomic E-state index is -1.38. The second-order valence-corrected chi connectivity index (χ2v) is 54.3. The zero-order valence-corrected chi connectivity index (χ0v) is 42.2. The SMILES string of the molecule is CP(C)c1ccccc1.CP(C)c1ccccc1.[Br][Mn-2]([Br])([Br])[Br].[C-]#[N+]C(C)(C)C.[C-]#[N+]C(C)(C)C.[C-]#[N+]C(C)(C)C.[C-]#[N+]C(C)(C)C.[Mn+2]. The maximum Gasteiger partial charge on any atom is 2.00 e. The van der Waals surface area contributed by atoms with E-state index in [1.807, 2.05) is 83.1 Å². The zero-order valence-electron chi connectivity index (χ0n) is 31.7. The third kappa shape index (κ3) is 72.0. The van der Waals surface area contributed by atoms with Gasteiger partial charge in [0.25, 0.3) is 0 Å². The van der Waals surface area contributed by atoms with E-state index in [0.29, 0.717) is 0 Å². The molecule has 4 nitrogen and oxygen atoms in total. The van der Waals surface area contributed by atoms with Gasteiger partial charge in [0.05, 0.1) is 0 Å². The Kier molecular flexibility index (Phi) is 40.1. The van der Waals surface area contributed by atoms with Crippen molar-refractivity contribution in [2.75, 3.05) is 26.7 Å². The van der Waals surface area contributed by atoms with Crippen LogP contribution < -0.4 is 10.6 Å². The van der Waals surface area contributed by atoms with Gasteiger partial charge in [0.2, 0.25) is 22.2 Å². The predicted molar refractivity (Wildman–Crippen MR) is 231 cm³/mol. The molecule has 274 valence electrons. The van der Waals surface area contributed by atoms with Crippen LogP contribution in [0.4, 0.5) is 0 Å². The van der Waals surface area contributed by atoms with Crippen molar-refractivity contribution in [1.29, 1.82) is 0 Å². The Bertz CT molecular complexity index is 1060. The van der Waals surface area contributed by atoms with E-state index in [2.05, 4.69) is 163 Å². The molecule has 12 heteroatoms. The van der Waals surface area contributed by atoms with E-state index >= 15 is 0 Å². The van der Waals surface area contributed by atoms with E-state index in [9.17, 15) is 0 Å². The van der Waals surface area contributed by atoms with Gasteiger partial charge in [-0.1, -0.05) is 76.5 Å². The molecule has 0 aliphatic rings. The van der Waals surface area contributed by atoms with Gasteiger partial charge in [0.1, 0.15) is 0 Å². The van der Waals surface area contributed by atoms with Gasteiger partial charge in [-0.2, -0.15) is 0 Å². The van der Waals surface area contributed by atoms with E-state index in [1.165, 1.54) is 10.6 Å².